The lowest BCUT2D eigenvalue weighted by atomic mass is 10.0. The summed E-state index contributed by atoms with van der Waals surface area (Å²) in [6.07, 6.45) is 0. The average molecular weight is 313 g/mol. The van der Waals surface area contributed by atoms with E-state index in [4.69, 9.17) is 11.6 Å². The standard InChI is InChI=1S/C14H18ClFN4O/c1-8(2)19-4-5-20-11(7-19)14(21)18(3)10-6-9(15)12(16)17-13(10)20/h6,8,11H,4-5,7H2,1-3H3/t11-/m1/s1. The Morgan fingerprint density at radius 3 is 2.81 bits per heavy atom. The molecule has 3 rings (SSSR count). The molecule has 1 saturated heterocycles. The van der Waals surface area contributed by atoms with Gasteiger partial charge < -0.3 is 9.80 Å². The van der Waals surface area contributed by atoms with Crippen molar-refractivity contribution in [1.29, 1.82) is 0 Å². The second-order valence-corrected chi connectivity index (χ2v) is 6.21. The van der Waals surface area contributed by atoms with Gasteiger partial charge in [-0.15, -0.1) is 0 Å². The Bertz CT molecular complexity index is 595. The summed E-state index contributed by atoms with van der Waals surface area (Å²) in [6, 6.07) is 1.54. The number of carbonyl (C=O) groups excluding carboxylic acids is 1. The van der Waals surface area contributed by atoms with Gasteiger partial charge in [0.05, 0.1) is 10.7 Å². The maximum absolute atomic E-state index is 13.7. The van der Waals surface area contributed by atoms with E-state index in [2.05, 4.69) is 23.7 Å². The van der Waals surface area contributed by atoms with Crippen molar-refractivity contribution in [2.75, 3.05) is 36.5 Å². The summed E-state index contributed by atoms with van der Waals surface area (Å²) < 4.78 is 13.7. The van der Waals surface area contributed by atoms with Crippen molar-refractivity contribution in [2.45, 2.75) is 25.9 Å². The minimum absolute atomic E-state index is 0.00248. The largest absolute Gasteiger partial charge is 0.340 e. The molecule has 1 atom stereocenters. The van der Waals surface area contributed by atoms with Gasteiger partial charge in [-0.2, -0.15) is 9.37 Å². The number of pyridine rings is 1. The minimum atomic E-state index is -0.691. The van der Waals surface area contributed by atoms with Gasteiger partial charge in [0.15, 0.2) is 5.82 Å². The van der Waals surface area contributed by atoms with E-state index in [0.29, 0.717) is 30.6 Å². The van der Waals surface area contributed by atoms with E-state index >= 15 is 0 Å². The molecular formula is C14H18ClFN4O. The highest BCUT2D eigenvalue weighted by Gasteiger charge is 2.41. The summed E-state index contributed by atoms with van der Waals surface area (Å²) in [5, 5.41) is -0.0623. The van der Waals surface area contributed by atoms with Gasteiger partial charge in [0.1, 0.15) is 6.04 Å². The van der Waals surface area contributed by atoms with Crippen LogP contribution in [0.5, 0.6) is 0 Å². The Hall–Kier alpha value is -1.40. The number of carbonyl (C=O) groups is 1. The Labute approximate surface area is 128 Å². The van der Waals surface area contributed by atoms with Crippen LogP contribution in [0, 0.1) is 5.95 Å². The van der Waals surface area contributed by atoms with E-state index < -0.39 is 5.95 Å². The molecule has 1 fully saturated rings. The van der Waals surface area contributed by atoms with Crippen LogP contribution in [0.4, 0.5) is 15.9 Å². The number of fused-ring (bicyclic) bond motifs is 3. The minimum Gasteiger partial charge on any atom is -0.340 e. The van der Waals surface area contributed by atoms with Crippen molar-refractivity contribution in [3.63, 3.8) is 0 Å². The van der Waals surface area contributed by atoms with Crippen LogP contribution in [0.1, 0.15) is 13.8 Å². The number of amides is 1. The van der Waals surface area contributed by atoms with Gasteiger partial charge in [-0.1, -0.05) is 11.6 Å². The van der Waals surface area contributed by atoms with Crippen molar-refractivity contribution in [2.24, 2.45) is 0 Å². The highest BCUT2D eigenvalue weighted by molar-refractivity contribution is 6.31. The van der Waals surface area contributed by atoms with Crippen LogP contribution in [0.3, 0.4) is 0 Å². The van der Waals surface area contributed by atoms with E-state index in [0.717, 1.165) is 6.54 Å². The normalized spacial score (nSPS) is 22.6. The molecule has 0 spiro atoms. The Balaban J connectivity index is 2.02. The van der Waals surface area contributed by atoms with Crippen LogP contribution < -0.4 is 9.80 Å². The smallest absolute Gasteiger partial charge is 0.250 e. The van der Waals surface area contributed by atoms with Gasteiger partial charge in [0, 0.05) is 32.7 Å². The lowest BCUT2D eigenvalue weighted by Crippen LogP contribution is -2.63. The molecule has 0 saturated carbocycles. The fourth-order valence-electron chi connectivity index (χ4n) is 2.99. The van der Waals surface area contributed by atoms with Crippen molar-refractivity contribution >= 4 is 29.0 Å². The fraction of sp³-hybridized carbons (Fsp3) is 0.571. The van der Waals surface area contributed by atoms with Crippen LogP contribution in [-0.2, 0) is 4.79 Å². The van der Waals surface area contributed by atoms with Gasteiger partial charge in [-0.05, 0) is 19.9 Å². The van der Waals surface area contributed by atoms with E-state index in [1.54, 1.807) is 7.05 Å². The fourth-order valence-corrected chi connectivity index (χ4v) is 3.13. The van der Waals surface area contributed by atoms with E-state index in [1.165, 1.54) is 11.0 Å². The average Bonchev–Trinajstić information content (AvgIpc) is 2.46. The van der Waals surface area contributed by atoms with Crippen LogP contribution in [-0.4, -0.2) is 54.6 Å². The zero-order chi connectivity index (χ0) is 15.3. The Morgan fingerprint density at radius 1 is 1.43 bits per heavy atom. The Morgan fingerprint density at radius 2 is 2.14 bits per heavy atom. The van der Waals surface area contributed by atoms with Crippen LogP contribution in [0.15, 0.2) is 6.07 Å². The summed E-state index contributed by atoms with van der Waals surface area (Å²) in [7, 11) is 1.68. The molecule has 114 valence electrons. The quantitative estimate of drug-likeness (QED) is 0.741. The third kappa shape index (κ3) is 2.26. The molecule has 0 radical (unpaired) electrons. The first kappa shape index (κ1) is 14.5. The lowest BCUT2D eigenvalue weighted by molar-refractivity contribution is -0.121. The van der Waals surface area contributed by atoms with Gasteiger partial charge in [-0.25, -0.2) is 0 Å². The van der Waals surface area contributed by atoms with Crippen molar-refractivity contribution in [3.05, 3.63) is 17.0 Å². The summed E-state index contributed by atoms with van der Waals surface area (Å²) in [4.78, 5) is 22.2. The number of anilines is 2. The summed E-state index contributed by atoms with van der Waals surface area (Å²) in [6.45, 7) is 6.34. The number of aromatic nitrogens is 1. The zero-order valence-electron chi connectivity index (χ0n) is 12.3. The number of likely N-dealkylation sites (N-methyl/N-ethyl adjacent to an activating group) is 1. The van der Waals surface area contributed by atoms with Crippen molar-refractivity contribution < 1.29 is 9.18 Å². The first-order valence-corrected chi connectivity index (χ1v) is 7.42. The predicted molar refractivity (Wildman–Crippen MR) is 80.5 cm³/mol. The third-order valence-electron chi connectivity index (χ3n) is 4.28. The second kappa shape index (κ2) is 5.10. The molecule has 5 nitrogen and oxygen atoms in total. The first-order valence-electron chi connectivity index (χ1n) is 7.04. The number of halogens is 2. The van der Waals surface area contributed by atoms with Gasteiger partial charge in [0.25, 0.3) is 5.91 Å². The molecule has 3 heterocycles. The van der Waals surface area contributed by atoms with Gasteiger partial charge in [0.2, 0.25) is 5.95 Å². The highest BCUT2D eigenvalue weighted by Crippen LogP contribution is 2.37. The van der Waals surface area contributed by atoms with E-state index in [-0.39, 0.29) is 17.0 Å². The molecular weight excluding hydrogens is 295 g/mol. The topological polar surface area (TPSA) is 39.7 Å². The predicted octanol–water partition coefficient (Wildman–Crippen LogP) is 1.75. The van der Waals surface area contributed by atoms with E-state index in [9.17, 15) is 9.18 Å². The van der Waals surface area contributed by atoms with E-state index in [1.807, 2.05) is 4.90 Å². The molecule has 1 amide bonds. The molecule has 7 heteroatoms. The number of nitrogens with zero attached hydrogens (tertiary/aromatic N) is 4. The third-order valence-corrected chi connectivity index (χ3v) is 4.55. The molecule has 0 aliphatic carbocycles. The number of rotatable bonds is 1. The molecule has 0 bridgehead atoms. The molecule has 0 unspecified atom stereocenters. The number of hydrogen-bond acceptors (Lipinski definition) is 4. The number of piperazine rings is 1. The molecule has 2 aliphatic rings. The molecule has 2 aliphatic heterocycles. The summed E-state index contributed by atoms with van der Waals surface area (Å²) >= 11 is 5.80. The zero-order valence-corrected chi connectivity index (χ0v) is 13.1. The maximum Gasteiger partial charge on any atom is 0.250 e. The van der Waals surface area contributed by atoms with Crippen LogP contribution >= 0.6 is 11.6 Å². The Kier molecular flexibility index (Phi) is 3.53. The summed E-state index contributed by atoms with van der Waals surface area (Å²) in [5.41, 5.74) is 0.570. The second-order valence-electron chi connectivity index (χ2n) is 5.80. The maximum atomic E-state index is 13.7. The van der Waals surface area contributed by atoms with Gasteiger partial charge in [-0.3, -0.25) is 9.69 Å². The van der Waals surface area contributed by atoms with Crippen LogP contribution in [0.25, 0.3) is 0 Å². The molecule has 1 aromatic heterocycles. The molecule has 0 aromatic carbocycles. The molecule has 0 N–H and O–H groups in total. The lowest BCUT2D eigenvalue weighted by Gasteiger charge is -2.47. The van der Waals surface area contributed by atoms with Crippen molar-refractivity contribution in [1.82, 2.24) is 9.88 Å². The molecule has 21 heavy (non-hydrogen) atoms. The van der Waals surface area contributed by atoms with Crippen molar-refractivity contribution in [3.8, 4) is 0 Å². The first-order chi connectivity index (χ1) is 9.90. The highest BCUT2D eigenvalue weighted by atomic mass is 35.5. The van der Waals surface area contributed by atoms with Gasteiger partial charge >= 0.3 is 0 Å². The molecule has 1 aromatic rings. The SMILES string of the molecule is CC(C)N1CCN2c3nc(F)c(Cl)cc3N(C)C(=O)[C@H]2C1. The summed E-state index contributed by atoms with van der Waals surface area (Å²) in [5.74, 6) is -0.187. The van der Waals surface area contributed by atoms with Crippen LogP contribution in [0.2, 0.25) is 5.02 Å². The number of hydrogen-bond donors (Lipinski definition) is 0. The monoisotopic (exact) mass is 312 g/mol.